The number of halogens is 3. The van der Waals surface area contributed by atoms with Gasteiger partial charge in [0.2, 0.25) is 0 Å². The second-order valence-electron chi connectivity index (χ2n) is 4.10. The number of benzene rings is 1. The van der Waals surface area contributed by atoms with Crippen LogP contribution in [0.15, 0.2) is 24.3 Å². The summed E-state index contributed by atoms with van der Waals surface area (Å²) in [6, 6.07) is 7.72. The number of hydrogen-bond donors (Lipinski definition) is 1. The zero-order chi connectivity index (χ0) is 12.9. The molecule has 1 aromatic rings. The Hall–Kier alpha value is -1.23. The summed E-state index contributed by atoms with van der Waals surface area (Å²) >= 11 is 0. The summed E-state index contributed by atoms with van der Waals surface area (Å²) in [5.74, 6) is 0. The van der Waals surface area contributed by atoms with Gasteiger partial charge in [-0.1, -0.05) is 12.1 Å². The monoisotopic (exact) mass is 246 g/mol. The van der Waals surface area contributed by atoms with Crippen molar-refractivity contribution in [2.45, 2.75) is 19.1 Å². The molecular weight excluding hydrogens is 229 g/mol. The van der Waals surface area contributed by atoms with Gasteiger partial charge in [0, 0.05) is 32.9 Å². The highest BCUT2D eigenvalue weighted by Gasteiger charge is 2.25. The van der Waals surface area contributed by atoms with Crippen LogP contribution >= 0.6 is 0 Å². The molecule has 0 saturated heterocycles. The van der Waals surface area contributed by atoms with Crippen LogP contribution in [-0.4, -0.2) is 26.8 Å². The normalized spacial score (nSPS) is 11.6. The summed E-state index contributed by atoms with van der Waals surface area (Å²) in [4.78, 5) is 1.97. The Labute approximate surface area is 99.4 Å². The van der Waals surface area contributed by atoms with E-state index < -0.39 is 12.6 Å². The lowest BCUT2D eigenvalue weighted by molar-refractivity contribution is -0.133. The molecule has 0 aromatic heterocycles. The molecule has 0 aliphatic heterocycles. The van der Waals surface area contributed by atoms with Crippen molar-refractivity contribution in [3.05, 3.63) is 29.8 Å². The van der Waals surface area contributed by atoms with Crippen LogP contribution in [0, 0.1) is 0 Å². The van der Waals surface area contributed by atoms with Gasteiger partial charge in [-0.15, -0.1) is 0 Å². The second kappa shape index (κ2) is 5.91. The van der Waals surface area contributed by atoms with Crippen molar-refractivity contribution < 1.29 is 13.2 Å². The van der Waals surface area contributed by atoms with Crippen LogP contribution in [0.1, 0.15) is 12.0 Å². The largest absolute Gasteiger partial charge is 0.390 e. The van der Waals surface area contributed by atoms with Crippen LogP contribution < -0.4 is 10.2 Å². The first-order chi connectivity index (χ1) is 7.88. The minimum Gasteiger partial charge on any atom is -0.378 e. The van der Waals surface area contributed by atoms with Gasteiger partial charge in [-0.05, 0) is 17.7 Å². The lowest BCUT2D eigenvalue weighted by atomic mass is 10.2. The number of nitrogens with one attached hydrogen (secondary N) is 1. The van der Waals surface area contributed by atoms with E-state index in [1.54, 1.807) is 0 Å². The highest BCUT2D eigenvalue weighted by molar-refractivity contribution is 5.45. The third-order valence-electron chi connectivity index (χ3n) is 2.37. The molecule has 0 bridgehead atoms. The van der Waals surface area contributed by atoms with Crippen molar-refractivity contribution in [1.82, 2.24) is 5.32 Å². The van der Waals surface area contributed by atoms with E-state index in [1.807, 2.05) is 43.3 Å². The first-order valence-electron chi connectivity index (χ1n) is 5.42. The Balaban J connectivity index is 2.33. The number of rotatable bonds is 5. The quantitative estimate of drug-likeness (QED) is 0.804. The van der Waals surface area contributed by atoms with E-state index in [9.17, 15) is 13.2 Å². The van der Waals surface area contributed by atoms with Gasteiger partial charge in [0.25, 0.3) is 0 Å². The van der Waals surface area contributed by atoms with E-state index in [2.05, 4.69) is 5.32 Å². The van der Waals surface area contributed by atoms with Gasteiger partial charge in [0.05, 0.1) is 6.42 Å². The minimum atomic E-state index is -4.08. The number of alkyl halides is 3. The van der Waals surface area contributed by atoms with Gasteiger partial charge >= 0.3 is 6.18 Å². The molecule has 1 N–H and O–H groups in total. The van der Waals surface area contributed by atoms with Crippen molar-refractivity contribution in [2.75, 3.05) is 25.5 Å². The Morgan fingerprint density at radius 3 is 2.18 bits per heavy atom. The Morgan fingerprint density at radius 2 is 1.71 bits per heavy atom. The first-order valence-corrected chi connectivity index (χ1v) is 5.42. The van der Waals surface area contributed by atoms with Crippen molar-refractivity contribution in [3.63, 3.8) is 0 Å². The van der Waals surface area contributed by atoms with Gasteiger partial charge in [0.1, 0.15) is 0 Å². The first kappa shape index (κ1) is 13.8. The summed E-state index contributed by atoms with van der Waals surface area (Å²) in [5.41, 5.74) is 2.06. The van der Waals surface area contributed by atoms with Crippen LogP contribution in [0.2, 0.25) is 0 Å². The van der Waals surface area contributed by atoms with E-state index in [-0.39, 0.29) is 6.54 Å². The average Bonchev–Trinajstić information content (AvgIpc) is 2.24. The molecule has 96 valence electrons. The Bertz CT molecular complexity index is 331. The smallest absolute Gasteiger partial charge is 0.378 e. The molecule has 1 aromatic carbocycles. The molecule has 5 heteroatoms. The summed E-state index contributed by atoms with van der Waals surface area (Å²) in [6.07, 6.45) is -4.87. The highest BCUT2D eigenvalue weighted by atomic mass is 19.4. The Morgan fingerprint density at radius 1 is 1.12 bits per heavy atom. The van der Waals surface area contributed by atoms with Crippen LogP contribution in [-0.2, 0) is 6.54 Å². The second-order valence-corrected chi connectivity index (χ2v) is 4.10. The molecule has 2 nitrogen and oxygen atoms in total. The molecule has 0 aliphatic rings. The van der Waals surface area contributed by atoms with Crippen molar-refractivity contribution in [2.24, 2.45) is 0 Å². The van der Waals surface area contributed by atoms with Gasteiger partial charge in [-0.2, -0.15) is 13.2 Å². The molecule has 1 rings (SSSR count). The lowest BCUT2D eigenvalue weighted by Gasteiger charge is -2.13. The summed E-state index contributed by atoms with van der Waals surface area (Å²) < 4.78 is 35.6. The molecule has 0 aliphatic carbocycles. The zero-order valence-electron chi connectivity index (χ0n) is 10.0. The third kappa shape index (κ3) is 5.58. The van der Waals surface area contributed by atoms with Crippen LogP contribution in [0.3, 0.4) is 0 Å². The van der Waals surface area contributed by atoms with Gasteiger partial charge in [-0.25, -0.2) is 0 Å². The highest BCUT2D eigenvalue weighted by Crippen LogP contribution is 2.18. The van der Waals surface area contributed by atoms with Gasteiger partial charge in [0.15, 0.2) is 0 Å². The van der Waals surface area contributed by atoms with Crippen LogP contribution in [0.5, 0.6) is 0 Å². The van der Waals surface area contributed by atoms with Gasteiger partial charge in [-0.3, -0.25) is 0 Å². The molecule has 0 radical (unpaired) electrons. The van der Waals surface area contributed by atoms with E-state index in [1.165, 1.54) is 0 Å². The Kier molecular flexibility index (Phi) is 4.81. The number of hydrogen-bond acceptors (Lipinski definition) is 2. The molecule has 17 heavy (non-hydrogen) atoms. The summed E-state index contributed by atoms with van der Waals surface area (Å²) in [6.45, 7) is 0.419. The van der Waals surface area contributed by atoms with Crippen LogP contribution in [0.4, 0.5) is 18.9 Å². The summed E-state index contributed by atoms with van der Waals surface area (Å²) in [5, 5.41) is 2.77. The predicted molar refractivity (Wildman–Crippen MR) is 63.1 cm³/mol. The fourth-order valence-electron chi connectivity index (χ4n) is 1.37. The van der Waals surface area contributed by atoms with Crippen LogP contribution in [0.25, 0.3) is 0 Å². The van der Waals surface area contributed by atoms with Crippen molar-refractivity contribution in [3.8, 4) is 0 Å². The van der Waals surface area contributed by atoms with E-state index in [0.717, 1.165) is 11.3 Å². The zero-order valence-corrected chi connectivity index (χ0v) is 10.0. The molecule has 0 fully saturated rings. The fraction of sp³-hybridized carbons (Fsp3) is 0.500. The van der Waals surface area contributed by atoms with Crippen molar-refractivity contribution in [1.29, 1.82) is 0 Å². The molecule has 0 heterocycles. The molecule has 0 saturated carbocycles. The fourth-order valence-corrected chi connectivity index (χ4v) is 1.37. The molecular formula is C12H17F3N2. The molecule has 0 spiro atoms. The molecule has 0 amide bonds. The third-order valence-corrected chi connectivity index (χ3v) is 2.37. The topological polar surface area (TPSA) is 15.3 Å². The predicted octanol–water partition coefficient (Wildman–Crippen LogP) is 2.79. The molecule has 0 unspecified atom stereocenters. The maximum absolute atomic E-state index is 11.9. The van der Waals surface area contributed by atoms with Gasteiger partial charge < -0.3 is 10.2 Å². The van der Waals surface area contributed by atoms with Crippen molar-refractivity contribution >= 4 is 5.69 Å². The number of nitrogens with zero attached hydrogens (tertiary/aromatic N) is 1. The van der Waals surface area contributed by atoms with E-state index >= 15 is 0 Å². The maximum Gasteiger partial charge on any atom is 0.390 e. The minimum absolute atomic E-state index is 0.0427. The number of anilines is 1. The standard InChI is InChI=1S/C12H17F3N2/c1-17(2)11-5-3-10(4-6-11)9-16-8-7-12(13,14)15/h3-6,16H,7-9H2,1-2H3. The van der Waals surface area contributed by atoms with E-state index in [0.29, 0.717) is 6.54 Å². The lowest BCUT2D eigenvalue weighted by Crippen LogP contribution is -2.21. The maximum atomic E-state index is 11.9. The molecule has 0 atom stereocenters. The average molecular weight is 246 g/mol. The SMILES string of the molecule is CN(C)c1ccc(CNCCC(F)(F)F)cc1. The van der Waals surface area contributed by atoms with E-state index in [4.69, 9.17) is 0 Å². The summed E-state index contributed by atoms with van der Waals surface area (Å²) in [7, 11) is 3.88.